The van der Waals surface area contributed by atoms with Crippen molar-refractivity contribution in [3.05, 3.63) is 35.4 Å². The summed E-state index contributed by atoms with van der Waals surface area (Å²) in [5.74, 6) is 0.310. The molecule has 1 unspecified atom stereocenters. The molecule has 1 saturated heterocycles. The Morgan fingerprint density at radius 3 is 2.77 bits per heavy atom. The van der Waals surface area contributed by atoms with Gasteiger partial charge in [0.1, 0.15) is 0 Å². The molecule has 1 N–H and O–H groups in total. The van der Waals surface area contributed by atoms with Gasteiger partial charge in [-0.3, -0.25) is 4.79 Å². The lowest BCUT2D eigenvalue weighted by atomic mass is 9.87. The molecule has 0 bridgehead atoms. The van der Waals surface area contributed by atoms with E-state index in [-0.39, 0.29) is 0 Å². The lowest BCUT2D eigenvalue weighted by Crippen LogP contribution is -2.47. The maximum atomic E-state index is 12.3. The Morgan fingerprint density at radius 2 is 2.00 bits per heavy atom. The molecule has 1 heterocycles. The summed E-state index contributed by atoms with van der Waals surface area (Å²) in [4.78, 5) is 16.6. The average molecular weight is 301 g/mol. The number of benzene rings is 1. The van der Waals surface area contributed by atoms with Gasteiger partial charge in [-0.25, -0.2) is 0 Å². The van der Waals surface area contributed by atoms with E-state index in [4.69, 9.17) is 0 Å². The number of rotatable bonds is 4. The number of amides is 1. The molecule has 4 nitrogen and oxygen atoms in total. The van der Waals surface area contributed by atoms with Crippen LogP contribution in [-0.2, 0) is 17.6 Å². The number of nitrogens with one attached hydrogen (secondary N) is 1. The van der Waals surface area contributed by atoms with Crippen molar-refractivity contribution in [3.63, 3.8) is 0 Å². The predicted octanol–water partition coefficient (Wildman–Crippen LogP) is 1.30. The summed E-state index contributed by atoms with van der Waals surface area (Å²) in [6.07, 6.45) is 4.13. The molecule has 1 amide bonds. The van der Waals surface area contributed by atoms with Crippen molar-refractivity contribution in [3.8, 4) is 0 Å². The monoisotopic (exact) mass is 301 g/mol. The van der Waals surface area contributed by atoms with Crippen LogP contribution in [0.5, 0.6) is 0 Å². The summed E-state index contributed by atoms with van der Waals surface area (Å²) in [6, 6.07) is 9.34. The van der Waals surface area contributed by atoms with Gasteiger partial charge in [0.25, 0.3) is 0 Å². The topological polar surface area (TPSA) is 35.6 Å². The highest BCUT2D eigenvalue weighted by Crippen LogP contribution is 2.23. The van der Waals surface area contributed by atoms with Crippen LogP contribution in [0.3, 0.4) is 0 Å². The molecule has 1 aromatic rings. The molecule has 1 aromatic carbocycles. The second-order valence-electron chi connectivity index (χ2n) is 6.53. The number of nitrogens with zero attached hydrogens (tertiary/aromatic N) is 2. The Morgan fingerprint density at radius 1 is 1.27 bits per heavy atom. The summed E-state index contributed by atoms with van der Waals surface area (Å²) < 4.78 is 0. The zero-order valence-corrected chi connectivity index (χ0v) is 13.6. The van der Waals surface area contributed by atoms with E-state index in [0.717, 1.165) is 45.6 Å². The van der Waals surface area contributed by atoms with Crippen molar-refractivity contribution in [2.24, 2.45) is 0 Å². The molecule has 2 aliphatic rings. The quantitative estimate of drug-likeness (QED) is 0.910. The standard InChI is InChI=1S/C18H27N3O/c1-20(11-8-18(22)21-12-9-19-10-13-21)17-7-6-15-4-2-3-5-16(15)14-17/h2-5,17,19H,6-14H2,1H3. The zero-order chi connectivity index (χ0) is 15.4. The maximum Gasteiger partial charge on any atom is 0.223 e. The van der Waals surface area contributed by atoms with Crippen LogP contribution in [-0.4, -0.2) is 61.5 Å². The minimum Gasteiger partial charge on any atom is -0.340 e. The Labute approximate surface area is 133 Å². The number of carbonyl (C=O) groups excluding carboxylic acids is 1. The van der Waals surface area contributed by atoms with Crippen LogP contribution in [0, 0.1) is 0 Å². The fourth-order valence-electron chi connectivity index (χ4n) is 3.58. The zero-order valence-electron chi connectivity index (χ0n) is 13.6. The lowest BCUT2D eigenvalue weighted by Gasteiger charge is -2.33. The van der Waals surface area contributed by atoms with Gasteiger partial charge in [0, 0.05) is 45.2 Å². The first-order chi connectivity index (χ1) is 10.7. The molecule has 3 rings (SSSR count). The van der Waals surface area contributed by atoms with E-state index >= 15 is 0 Å². The van der Waals surface area contributed by atoms with E-state index in [0.29, 0.717) is 18.4 Å². The Kier molecular flexibility index (Phi) is 5.11. The van der Waals surface area contributed by atoms with Crippen LogP contribution in [0.25, 0.3) is 0 Å². The highest BCUT2D eigenvalue weighted by atomic mass is 16.2. The van der Waals surface area contributed by atoms with E-state index in [2.05, 4.69) is 41.5 Å². The first-order valence-electron chi connectivity index (χ1n) is 8.49. The van der Waals surface area contributed by atoms with E-state index < -0.39 is 0 Å². The summed E-state index contributed by atoms with van der Waals surface area (Å²) in [5.41, 5.74) is 2.99. The number of likely N-dealkylation sites (N-methyl/N-ethyl adjacent to an activating group) is 1. The van der Waals surface area contributed by atoms with Crippen LogP contribution in [0.1, 0.15) is 24.0 Å². The summed E-state index contributed by atoms with van der Waals surface area (Å²) in [7, 11) is 2.17. The lowest BCUT2D eigenvalue weighted by molar-refractivity contribution is -0.132. The number of carbonyl (C=O) groups is 1. The highest BCUT2D eigenvalue weighted by molar-refractivity contribution is 5.76. The van der Waals surface area contributed by atoms with Crippen molar-refractivity contribution < 1.29 is 4.79 Å². The number of aryl methyl sites for hydroxylation is 1. The van der Waals surface area contributed by atoms with Crippen molar-refractivity contribution >= 4 is 5.91 Å². The van der Waals surface area contributed by atoms with E-state index in [1.807, 2.05) is 4.90 Å². The molecule has 1 aliphatic carbocycles. The molecule has 22 heavy (non-hydrogen) atoms. The first kappa shape index (κ1) is 15.5. The minimum absolute atomic E-state index is 0.310. The third-order valence-electron chi connectivity index (χ3n) is 5.09. The van der Waals surface area contributed by atoms with Gasteiger partial charge in [-0.2, -0.15) is 0 Å². The fraction of sp³-hybridized carbons (Fsp3) is 0.611. The van der Waals surface area contributed by atoms with Gasteiger partial charge in [0.15, 0.2) is 0 Å². The highest BCUT2D eigenvalue weighted by Gasteiger charge is 2.23. The second-order valence-corrected chi connectivity index (χ2v) is 6.53. The van der Waals surface area contributed by atoms with Crippen LogP contribution in [0.4, 0.5) is 0 Å². The van der Waals surface area contributed by atoms with Crippen molar-refractivity contribution in [2.75, 3.05) is 39.8 Å². The van der Waals surface area contributed by atoms with E-state index in [9.17, 15) is 4.79 Å². The average Bonchev–Trinajstić information content (AvgIpc) is 2.59. The van der Waals surface area contributed by atoms with Gasteiger partial charge >= 0.3 is 0 Å². The van der Waals surface area contributed by atoms with Gasteiger partial charge in [0.2, 0.25) is 5.91 Å². The Bertz CT molecular complexity index is 511. The molecule has 1 fully saturated rings. The van der Waals surface area contributed by atoms with Crippen LogP contribution in [0.15, 0.2) is 24.3 Å². The van der Waals surface area contributed by atoms with Gasteiger partial charge in [0.05, 0.1) is 0 Å². The van der Waals surface area contributed by atoms with E-state index in [1.165, 1.54) is 17.5 Å². The first-order valence-corrected chi connectivity index (χ1v) is 8.49. The third kappa shape index (κ3) is 3.68. The maximum absolute atomic E-state index is 12.3. The fourth-order valence-corrected chi connectivity index (χ4v) is 3.58. The van der Waals surface area contributed by atoms with Crippen molar-refractivity contribution in [1.29, 1.82) is 0 Å². The molecule has 120 valence electrons. The second kappa shape index (κ2) is 7.25. The number of fused-ring (bicyclic) bond motifs is 1. The smallest absolute Gasteiger partial charge is 0.223 e. The molecule has 0 saturated carbocycles. The number of piperazine rings is 1. The molecular weight excluding hydrogens is 274 g/mol. The van der Waals surface area contributed by atoms with Gasteiger partial charge in [-0.05, 0) is 37.4 Å². The van der Waals surface area contributed by atoms with Crippen LogP contribution >= 0.6 is 0 Å². The van der Waals surface area contributed by atoms with Gasteiger partial charge in [-0.15, -0.1) is 0 Å². The molecule has 1 aliphatic heterocycles. The molecular formula is C18H27N3O. The molecule has 0 radical (unpaired) electrons. The summed E-state index contributed by atoms with van der Waals surface area (Å²) >= 11 is 0. The summed E-state index contributed by atoms with van der Waals surface area (Å²) in [5, 5.41) is 3.29. The Hall–Kier alpha value is -1.39. The third-order valence-corrected chi connectivity index (χ3v) is 5.09. The largest absolute Gasteiger partial charge is 0.340 e. The Balaban J connectivity index is 1.48. The number of hydrogen-bond donors (Lipinski definition) is 1. The number of hydrogen-bond acceptors (Lipinski definition) is 3. The van der Waals surface area contributed by atoms with Crippen LogP contribution in [0.2, 0.25) is 0 Å². The van der Waals surface area contributed by atoms with Crippen molar-refractivity contribution in [2.45, 2.75) is 31.7 Å². The normalized spacial score (nSPS) is 21.7. The summed E-state index contributed by atoms with van der Waals surface area (Å²) in [6.45, 7) is 4.45. The molecule has 1 atom stereocenters. The molecule has 4 heteroatoms. The minimum atomic E-state index is 0.310. The molecule has 0 aromatic heterocycles. The van der Waals surface area contributed by atoms with Crippen molar-refractivity contribution in [1.82, 2.24) is 15.1 Å². The van der Waals surface area contributed by atoms with Gasteiger partial charge < -0.3 is 15.1 Å². The van der Waals surface area contributed by atoms with E-state index in [1.54, 1.807) is 0 Å². The van der Waals surface area contributed by atoms with Crippen LogP contribution < -0.4 is 5.32 Å². The molecule has 0 spiro atoms. The SMILES string of the molecule is CN(CCC(=O)N1CCNCC1)C1CCc2ccccc2C1. The van der Waals surface area contributed by atoms with Gasteiger partial charge in [-0.1, -0.05) is 24.3 Å². The predicted molar refractivity (Wildman–Crippen MR) is 89.0 cm³/mol.